The van der Waals surface area contributed by atoms with Crippen LogP contribution in [0.15, 0.2) is 17.3 Å². The molecule has 3 rings (SSSR count). The first-order valence-electron chi connectivity index (χ1n) is 8.50. The summed E-state index contributed by atoms with van der Waals surface area (Å²) >= 11 is 0. The van der Waals surface area contributed by atoms with Crippen LogP contribution in [0.5, 0.6) is 0 Å². The average molecular weight is 351 g/mol. The van der Waals surface area contributed by atoms with E-state index in [0.29, 0.717) is 30.0 Å². The summed E-state index contributed by atoms with van der Waals surface area (Å²) in [5, 5.41) is 4.37. The normalized spacial score (nSPS) is 17.9. The van der Waals surface area contributed by atoms with E-state index < -0.39 is 10.0 Å². The third kappa shape index (κ3) is 3.12. The van der Waals surface area contributed by atoms with Gasteiger partial charge in [0, 0.05) is 39.0 Å². The molecule has 0 aliphatic carbocycles. The fourth-order valence-electron chi connectivity index (χ4n) is 3.42. The molecule has 0 saturated heterocycles. The molecule has 2 aromatic heterocycles. The second kappa shape index (κ2) is 6.68. The fraction of sp³-hybridized carbons (Fsp3) is 0.625. The topological polar surface area (TPSA) is 81.8 Å². The number of rotatable bonds is 6. The smallest absolute Gasteiger partial charge is 0.244 e. The third-order valence-electron chi connectivity index (χ3n) is 4.74. The van der Waals surface area contributed by atoms with Crippen molar-refractivity contribution in [3.05, 3.63) is 29.6 Å². The van der Waals surface area contributed by atoms with Crippen molar-refractivity contribution in [1.29, 1.82) is 0 Å². The van der Waals surface area contributed by atoms with E-state index >= 15 is 0 Å². The maximum Gasteiger partial charge on any atom is 0.244 e. The number of nitrogens with one attached hydrogen (secondary N) is 1. The Morgan fingerprint density at radius 1 is 1.33 bits per heavy atom. The number of sulfonamides is 1. The molecular weight excluding hydrogens is 326 g/mol. The van der Waals surface area contributed by atoms with Gasteiger partial charge in [-0.05, 0) is 25.2 Å². The van der Waals surface area contributed by atoms with E-state index in [1.807, 2.05) is 20.0 Å². The molecule has 1 aliphatic rings. The van der Waals surface area contributed by atoms with Crippen molar-refractivity contribution in [2.45, 2.75) is 51.0 Å². The minimum atomic E-state index is -3.55. The Bertz CT molecular complexity index is 822. The monoisotopic (exact) mass is 351 g/mol. The molecule has 7 nitrogen and oxygen atoms in total. The largest absolute Gasteiger partial charge is 0.335 e. The molecule has 132 valence electrons. The van der Waals surface area contributed by atoms with E-state index in [1.165, 1.54) is 0 Å². The van der Waals surface area contributed by atoms with Gasteiger partial charge in [0.15, 0.2) is 0 Å². The van der Waals surface area contributed by atoms with Crippen molar-refractivity contribution < 1.29 is 8.42 Å². The quantitative estimate of drug-likeness (QED) is 0.850. The highest BCUT2D eigenvalue weighted by atomic mass is 32.2. The van der Waals surface area contributed by atoms with E-state index in [4.69, 9.17) is 0 Å². The lowest BCUT2D eigenvalue weighted by Gasteiger charge is -2.23. The number of nitrogens with zero attached hydrogens (tertiary/aromatic N) is 4. The zero-order chi connectivity index (χ0) is 17.3. The van der Waals surface area contributed by atoms with Crippen molar-refractivity contribution >= 4 is 10.0 Å². The summed E-state index contributed by atoms with van der Waals surface area (Å²) in [6.07, 6.45) is 6.79. The Balaban J connectivity index is 1.76. The molecule has 0 fully saturated rings. The van der Waals surface area contributed by atoms with E-state index in [9.17, 15) is 8.42 Å². The Morgan fingerprint density at radius 2 is 2.12 bits per heavy atom. The molecule has 1 N–H and O–H groups in total. The Morgan fingerprint density at radius 3 is 2.83 bits per heavy atom. The lowest BCUT2D eigenvalue weighted by atomic mass is 9.98. The van der Waals surface area contributed by atoms with E-state index in [0.717, 1.165) is 30.9 Å². The van der Waals surface area contributed by atoms with Crippen molar-refractivity contribution in [3.63, 3.8) is 0 Å². The second-order valence-corrected chi connectivity index (χ2v) is 8.00. The predicted octanol–water partition coefficient (Wildman–Crippen LogP) is 1.28. The van der Waals surface area contributed by atoms with Gasteiger partial charge < -0.3 is 4.57 Å². The van der Waals surface area contributed by atoms with Gasteiger partial charge in [0.25, 0.3) is 0 Å². The van der Waals surface area contributed by atoms with Crippen LogP contribution in [0.25, 0.3) is 0 Å². The molecule has 1 unspecified atom stereocenters. The van der Waals surface area contributed by atoms with Gasteiger partial charge in [-0.15, -0.1) is 0 Å². The van der Waals surface area contributed by atoms with Crippen LogP contribution in [0.4, 0.5) is 0 Å². The van der Waals surface area contributed by atoms with Gasteiger partial charge >= 0.3 is 0 Å². The lowest BCUT2D eigenvalue weighted by Crippen LogP contribution is -2.33. The zero-order valence-electron chi connectivity index (χ0n) is 14.5. The van der Waals surface area contributed by atoms with Crippen LogP contribution in [0.3, 0.4) is 0 Å². The molecule has 24 heavy (non-hydrogen) atoms. The number of aromatic nitrogens is 4. The van der Waals surface area contributed by atoms with Crippen molar-refractivity contribution in [1.82, 2.24) is 24.1 Å². The molecule has 8 heteroatoms. The third-order valence-corrected chi connectivity index (χ3v) is 6.29. The van der Waals surface area contributed by atoms with Crippen LogP contribution < -0.4 is 4.72 Å². The second-order valence-electron chi connectivity index (χ2n) is 6.30. The predicted molar refractivity (Wildman–Crippen MR) is 91.2 cm³/mol. The maximum atomic E-state index is 12.9. The lowest BCUT2D eigenvalue weighted by molar-refractivity contribution is 0.379. The summed E-state index contributed by atoms with van der Waals surface area (Å²) in [7, 11) is -1.75. The number of hydrogen-bond donors (Lipinski definition) is 1. The van der Waals surface area contributed by atoms with E-state index in [-0.39, 0.29) is 5.92 Å². The molecule has 2 aromatic rings. The number of imidazole rings is 1. The van der Waals surface area contributed by atoms with Gasteiger partial charge in [-0.2, -0.15) is 5.10 Å². The van der Waals surface area contributed by atoms with Crippen LogP contribution in [0.2, 0.25) is 0 Å². The Labute approximate surface area is 143 Å². The fourth-order valence-corrected chi connectivity index (χ4v) is 5.10. The van der Waals surface area contributed by atoms with Gasteiger partial charge in [0.05, 0.1) is 11.4 Å². The summed E-state index contributed by atoms with van der Waals surface area (Å²) in [5.74, 6) is 1.32. The summed E-state index contributed by atoms with van der Waals surface area (Å²) < 4.78 is 32.3. The maximum absolute atomic E-state index is 12.9. The van der Waals surface area contributed by atoms with Crippen molar-refractivity contribution in [2.24, 2.45) is 13.0 Å². The molecule has 0 radical (unpaired) electrons. The summed E-state index contributed by atoms with van der Waals surface area (Å²) in [5.41, 5.74) is 1.40. The highest BCUT2D eigenvalue weighted by Gasteiger charge is 2.28. The first-order chi connectivity index (χ1) is 11.5. The number of aryl methyl sites for hydroxylation is 3. The van der Waals surface area contributed by atoms with Gasteiger partial charge in [0.1, 0.15) is 10.7 Å². The van der Waals surface area contributed by atoms with Crippen LogP contribution in [0.1, 0.15) is 37.5 Å². The molecule has 1 atom stereocenters. The first kappa shape index (κ1) is 17.2. The Kier molecular flexibility index (Phi) is 4.78. The van der Waals surface area contributed by atoms with E-state index in [2.05, 4.69) is 19.4 Å². The molecule has 3 heterocycles. The highest BCUT2D eigenvalue weighted by molar-refractivity contribution is 7.89. The minimum Gasteiger partial charge on any atom is -0.335 e. The molecule has 0 spiro atoms. The first-order valence-corrected chi connectivity index (χ1v) is 9.99. The molecule has 0 aromatic carbocycles. The molecule has 1 aliphatic heterocycles. The molecular formula is C16H25N5O2S. The van der Waals surface area contributed by atoms with Crippen LogP contribution >= 0.6 is 0 Å². The van der Waals surface area contributed by atoms with Gasteiger partial charge in [0.2, 0.25) is 10.0 Å². The van der Waals surface area contributed by atoms with Crippen molar-refractivity contribution in [3.8, 4) is 0 Å². The summed E-state index contributed by atoms with van der Waals surface area (Å²) in [6.45, 7) is 5.23. The van der Waals surface area contributed by atoms with E-state index in [1.54, 1.807) is 17.9 Å². The average Bonchev–Trinajstić information content (AvgIpc) is 3.16. The molecule has 0 saturated carbocycles. The van der Waals surface area contributed by atoms with Crippen LogP contribution in [-0.2, 0) is 42.9 Å². The number of hydrogen-bond acceptors (Lipinski definition) is 4. The summed E-state index contributed by atoms with van der Waals surface area (Å²) in [4.78, 5) is 4.71. The zero-order valence-corrected chi connectivity index (χ0v) is 15.3. The molecule has 0 amide bonds. The minimum absolute atomic E-state index is 0.279. The highest BCUT2D eigenvalue weighted by Crippen LogP contribution is 2.23. The van der Waals surface area contributed by atoms with Gasteiger partial charge in [-0.1, -0.05) is 13.8 Å². The van der Waals surface area contributed by atoms with Gasteiger partial charge in [-0.25, -0.2) is 18.1 Å². The summed E-state index contributed by atoms with van der Waals surface area (Å²) in [6, 6.07) is 0. The van der Waals surface area contributed by atoms with Crippen LogP contribution in [0, 0.1) is 5.92 Å². The number of fused-ring (bicyclic) bond motifs is 1. The molecule has 0 bridgehead atoms. The van der Waals surface area contributed by atoms with Crippen LogP contribution in [-0.4, -0.2) is 34.3 Å². The SMILES string of the molecule is CCc1nn(C)c(CC)c1S(=O)(=O)NCC1CCn2ccnc2C1. The van der Waals surface area contributed by atoms with Crippen molar-refractivity contribution in [2.75, 3.05) is 6.54 Å². The standard InChI is InChI=1S/C16H25N5O2S/c1-4-13-16(14(5-2)20(3)19-13)24(22,23)18-11-12-6-8-21-9-7-17-15(21)10-12/h7,9,12,18H,4-6,8,10-11H2,1-3H3. The van der Waals surface area contributed by atoms with Gasteiger partial charge in [-0.3, -0.25) is 4.68 Å². The Hall–Kier alpha value is -1.67.